The Labute approximate surface area is 183 Å². The first kappa shape index (κ1) is 23.8. The van der Waals surface area contributed by atoms with Gasteiger partial charge in [0.25, 0.3) is 0 Å². The van der Waals surface area contributed by atoms with E-state index in [-0.39, 0.29) is 24.0 Å². The van der Waals surface area contributed by atoms with E-state index >= 15 is 0 Å². The largest absolute Gasteiger partial charge is 0.383 e. The third kappa shape index (κ3) is 7.38. The van der Waals surface area contributed by atoms with Gasteiger partial charge in [-0.2, -0.15) is 11.3 Å². The molecule has 0 aliphatic rings. The van der Waals surface area contributed by atoms with Gasteiger partial charge in [0.15, 0.2) is 5.96 Å². The van der Waals surface area contributed by atoms with Crippen LogP contribution in [0.3, 0.4) is 0 Å². The van der Waals surface area contributed by atoms with E-state index in [1.165, 1.54) is 5.56 Å². The van der Waals surface area contributed by atoms with Gasteiger partial charge < -0.3 is 15.7 Å². The van der Waals surface area contributed by atoms with Gasteiger partial charge in [0.05, 0.1) is 6.54 Å². The van der Waals surface area contributed by atoms with Crippen LogP contribution in [0.1, 0.15) is 44.7 Å². The van der Waals surface area contributed by atoms with Crippen molar-refractivity contribution in [3.05, 3.63) is 52.5 Å². The van der Waals surface area contributed by atoms with Crippen LogP contribution < -0.4 is 10.6 Å². The van der Waals surface area contributed by atoms with Crippen LogP contribution in [-0.4, -0.2) is 35.7 Å². The fraction of sp³-hybridized carbons (Fsp3) is 0.500. The Morgan fingerprint density at radius 2 is 2.11 bits per heavy atom. The van der Waals surface area contributed by atoms with Crippen LogP contribution in [0, 0.1) is 5.92 Å². The number of hydrogen-bond donors (Lipinski definition) is 3. The zero-order valence-electron chi connectivity index (χ0n) is 16.5. The molecule has 7 heteroatoms. The summed E-state index contributed by atoms with van der Waals surface area (Å²) >= 11 is 1.58. The van der Waals surface area contributed by atoms with Gasteiger partial charge in [0.2, 0.25) is 0 Å². The van der Waals surface area contributed by atoms with Crippen molar-refractivity contribution in [3.8, 4) is 0 Å². The van der Waals surface area contributed by atoms with Crippen LogP contribution >= 0.6 is 35.3 Å². The summed E-state index contributed by atoms with van der Waals surface area (Å²) in [5.41, 5.74) is 1.15. The summed E-state index contributed by atoms with van der Waals surface area (Å²) in [6.45, 7) is 10.1. The zero-order chi connectivity index (χ0) is 19.0. The highest BCUT2D eigenvalue weighted by Gasteiger charge is 2.23. The molecule has 0 spiro atoms. The highest BCUT2D eigenvalue weighted by molar-refractivity contribution is 14.0. The van der Waals surface area contributed by atoms with Crippen molar-refractivity contribution in [2.45, 2.75) is 39.2 Å². The molecule has 2 aromatic rings. The monoisotopic (exact) mass is 502 g/mol. The Balaban J connectivity index is 0.00000364. The van der Waals surface area contributed by atoms with Crippen LogP contribution in [0.15, 0.2) is 46.3 Å². The van der Waals surface area contributed by atoms with Crippen molar-refractivity contribution < 1.29 is 5.11 Å². The van der Waals surface area contributed by atoms with Gasteiger partial charge in [-0.25, -0.2) is 4.99 Å². The summed E-state index contributed by atoms with van der Waals surface area (Å²) < 4.78 is 0. The van der Waals surface area contributed by atoms with E-state index in [4.69, 9.17) is 0 Å². The molecule has 0 amide bonds. The molecule has 2 aromatic heterocycles. The molecule has 0 bridgehead atoms. The predicted octanol–water partition coefficient (Wildman–Crippen LogP) is 3.96. The normalized spacial score (nSPS) is 15.0. The molecule has 150 valence electrons. The van der Waals surface area contributed by atoms with E-state index < -0.39 is 5.60 Å². The zero-order valence-corrected chi connectivity index (χ0v) is 19.6. The molecule has 2 heterocycles. The van der Waals surface area contributed by atoms with Crippen LogP contribution in [0.4, 0.5) is 0 Å². The van der Waals surface area contributed by atoms with E-state index in [0.29, 0.717) is 18.4 Å². The predicted molar refractivity (Wildman–Crippen MR) is 125 cm³/mol. The molecule has 27 heavy (non-hydrogen) atoms. The van der Waals surface area contributed by atoms with Crippen molar-refractivity contribution >= 4 is 41.3 Å². The third-order valence-corrected chi connectivity index (χ3v) is 5.12. The molecule has 2 unspecified atom stereocenters. The minimum atomic E-state index is -0.969. The second-order valence-electron chi connectivity index (χ2n) is 7.00. The van der Waals surface area contributed by atoms with Gasteiger partial charge >= 0.3 is 0 Å². The van der Waals surface area contributed by atoms with Crippen LogP contribution in [-0.2, 0) is 5.60 Å². The van der Waals surface area contributed by atoms with Gasteiger partial charge in [-0.05, 0) is 53.8 Å². The number of halogens is 1. The molecular weight excluding hydrogens is 471 g/mol. The van der Waals surface area contributed by atoms with Crippen molar-refractivity contribution in [1.29, 1.82) is 0 Å². The number of guanidine groups is 1. The van der Waals surface area contributed by atoms with Gasteiger partial charge in [-0.3, -0.25) is 4.98 Å². The minimum Gasteiger partial charge on any atom is -0.383 e. The Bertz CT molecular complexity index is 675. The van der Waals surface area contributed by atoms with E-state index in [0.717, 1.165) is 24.6 Å². The van der Waals surface area contributed by atoms with Crippen LogP contribution in [0.25, 0.3) is 0 Å². The number of hydrogen-bond acceptors (Lipinski definition) is 4. The number of aliphatic imine (C=N–C) groups is 1. The second-order valence-corrected chi connectivity index (χ2v) is 7.78. The highest BCUT2D eigenvalue weighted by Crippen LogP contribution is 2.24. The standard InChI is InChI=1S/C20H30N4OS.HI/c1-5-22-19(24-14-20(4,25)17-8-10-26-13-17)23-12-18(15(2)3)16-7-6-9-21-11-16;/h6-11,13,15,18,25H,5,12,14H2,1-4H3,(H2,22,23,24);1H. The minimum absolute atomic E-state index is 0. The van der Waals surface area contributed by atoms with Gasteiger partial charge in [0, 0.05) is 31.4 Å². The lowest BCUT2D eigenvalue weighted by Gasteiger charge is -2.24. The molecule has 0 aliphatic heterocycles. The Hall–Kier alpha value is -1.19. The number of rotatable bonds is 8. The molecule has 5 nitrogen and oxygen atoms in total. The fourth-order valence-corrected chi connectivity index (χ4v) is 3.56. The maximum atomic E-state index is 10.7. The van der Waals surface area contributed by atoms with Crippen molar-refractivity contribution in [2.75, 3.05) is 19.6 Å². The van der Waals surface area contributed by atoms with E-state index in [9.17, 15) is 5.11 Å². The summed E-state index contributed by atoms with van der Waals surface area (Å²) in [5, 5.41) is 21.3. The second kappa shape index (κ2) is 11.6. The molecular formula is C20H31IN4OS. The van der Waals surface area contributed by atoms with Gasteiger partial charge in [-0.1, -0.05) is 19.9 Å². The molecule has 0 fully saturated rings. The number of aliphatic hydroxyl groups is 1. The number of nitrogens with zero attached hydrogens (tertiary/aromatic N) is 2. The Morgan fingerprint density at radius 1 is 1.33 bits per heavy atom. The molecule has 0 radical (unpaired) electrons. The average Bonchev–Trinajstić information content (AvgIpc) is 3.16. The van der Waals surface area contributed by atoms with Crippen molar-refractivity contribution in [2.24, 2.45) is 10.9 Å². The maximum absolute atomic E-state index is 10.7. The molecule has 0 saturated heterocycles. The Morgan fingerprint density at radius 3 is 2.67 bits per heavy atom. The third-order valence-electron chi connectivity index (χ3n) is 4.44. The first-order chi connectivity index (χ1) is 12.4. The van der Waals surface area contributed by atoms with Crippen molar-refractivity contribution in [1.82, 2.24) is 15.6 Å². The number of thiophene rings is 1. The fourth-order valence-electron chi connectivity index (χ4n) is 2.78. The van der Waals surface area contributed by atoms with Crippen LogP contribution in [0.5, 0.6) is 0 Å². The Kier molecular flexibility index (Phi) is 10.3. The van der Waals surface area contributed by atoms with E-state index in [1.807, 2.05) is 36.0 Å². The molecule has 3 N–H and O–H groups in total. The van der Waals surface area contributed by atoms with Gasteiger partial charge in [0.1, 0.15) is 5.60 Å². The SMILES string of the molecule is CCNC(=NCC(C)(O)c1ccsc1)NCC(c1cccnc1)C(C)C.I. The smallest absolute Gasteiger partial charge is 0.191 e. The summed E-state index contributed by atoms with van der Waals surface area (Å²) in [4.78, 5) is 8.84. The number of nitrogens with one attached hydrogen (secondary N) is 2. The molecule has 2 atom stereocenters. The summed E-state index contributed by atoms with van der Waals surface area (Å²) in [6, 6.07) is 6.03. The maximum Gasteiger partial charge on any atom is 0.191 e. The summed E-state index contributed by atoms with van der Waals surface area (Å²) in [7, 11) is 0. The first-order valence-corrected chi connectivity index (χ1v) is 10.1. The molecule has 0 saturated carbocycles. The quantitative estimate of drug-likeness (QED) is 0.291. The molecule has 0 aromatic carbocycles. The molecule has 2 rings (SSSR count). The highest BCUT2D eigenvalue weighted by atomic mass is 127. The number of aromatic nitrogens is 1. The first-order valence-electron chi connectivity index (χ1n) is 9.11. The lowest BCUT2D eigenvalue weighted by Crippen LogP contribution is -2.41. The topological polar surface area (TPSA) is 69.5 Å². The van der Waals surface area contributed by atoms with Crippen LogP contribution in [0.2, 0.25) is 0 Å². The number of pyridine rings is 1. The summed E-state index contributed by atoms with van der Waals surface area (Å²) in [5.74, 6) is 1.53. The summed E-state index contributed by atoms with van der Waals surface area (Å²) in [6.07, 6.45) is 3.73. The lowest BCUT2D eigenvalue weighted by atomic mass is 9.89. The van der Waals surface area contributed by atoms with Crippen molar-refractivity contribution in [3.63, 3.8) is 0 Å². The van der Waals surface area contributed by atoms with E-state index in [1.54, 1.807) is 24.5 Å². The van der Waals surface area contributed by atoms with Gasteiger partial charge in [-0.15, -0.1) is 24.0 Å². The lowest BCUT2D eigenvalue weighted by molar-refractivity contribution is 0.0677. The van der Waals surface area contributed by atoms with E-state index in [2.05, 4.69) is 40.5 Å². The average molecular weight is 502 g/mol. The molecule has 0 aliphatic carbocycles.